The Labute approximate surface area is 164 Å². The van der Waals surface area contributed by atoms with E-state index in [1.807, 2.05) is 0 Å². The van der Waals surface area contributed by atoms with Gasteiger partial charge in [0.25, 0.3) is 0 Å². The predicted molar refractivity (Wildman–Crippen MR) is 92.9 cm³/mol. The number of nitrogens with zero attached hydrogens (tertiary/aromatic N) is 3. The number of rotatable bonds is 4. The number of aromatic amines is 1. The van der Waals surface area contributed by atoms with Crippen LogP contribution in [0.1, 0.15) is 36.2 Å². The highest BCUT2D eigenvalue weighted by Gasteiger charge is 2.38. The number of ether oxygens (including phenoxy) is 1. The third-order valence-corrected chi connectivity index (χ3v) is 4.62. The number of hydrogen-bond acceptors (Lipinski definition) is 5. The zero-order valence-electron chi connectivity index (χ0n) is 15.9. The molecular weight excluding hydrogens is 397 g/mol. The van der Waals surface area contributed by atoms with Crippen LogP contribution in [0.2, 0.25) is 0 Å². The van der Waals surface area contributed by atoms with Crippen LogP contribution in [0.3, 0.4) is 0 Å². The molecule has 1 saturated heterocycles. The molecule has 0 atom stereocenters. The molecule has 2 N–H and O–H groups in total. The van der Waals surface area contributed by atoms with E-state index in [0.717, 1.165) is 18.5 Å². The highest BCUT2D eigenvalue weighted by atomic mass is 19.4. The maximum absolute atomic E-state index is 12.2. The van der Waals surface area contributed by atoms with Crippen molar-refractivity contribution in [3.05, 3.63) is 17.0 Å². The van der Waals surface area contributed by atoms with Crippen molar-refractivity contribution in [2.24, 2.45) is 0 Å². The molecule has 2 aliphatic rings. The number of halogens is 3. The van der Waals surface area contributed by atoms with Crippen LogP contribution in [0.5, 0.6) is 0 Å². The Morgan fingerprint density at radius 3 is 2.52 bits per heavy atom. The lowest BCUT2D eigenvalue weighted by Crippen LogP contribution is -2.38. The molecule has 1 fully saturated rings. The van der Waals surface area contributed by atoms with E-state index in [0.29, 0.717) is 19.7 Å². The number of carbonyl (C=O) groups is 3. The molecular formula is C17H23F3N4O5. The van der Waals surface area contributed by atoms with Gasteiger partial charge in [0.1, 0.15) is 13.2 Å². The van der Waals surface area contributed by atoms with Crippen LogP contribution in [0, 0.1) is 0 Å². The molecule has 0 unspecified atom stereocenters. The first-order chi connectivity index (χ1) is 13.6. The third kappa shape index (κ3) is 6.36. The molecule has 2 heterocycles. The van der Waals surface area contributed by atoms with Crippen LogP contribution >= 0.6 is 0 Å². The Kier molecular flexibility index (Phi) is 7.46. The Morgan fingerprint density at radius 2 is 1.93 bits per heavy atom. The molecule has 0 radical (unpaired) electrons. The van der Waals surface area contributed by atoms with Gasteiger partial charge < -0.3 is 14.7 Å². The zero-order chi connectivity index (χ0) is 21.6. The Bertz CT molecular complexity index is 750. The molecule has 9 nitrogen and oxygen atoms in total. The fraction of sp³-hybridized carbons (Fsp3) is 0.647. The van der Waals surface area contributed by atoms with Crippen molar-refractivity contribution < 1.29 is 37.4 Å². The Hall–Kier alpha value is -2.79. The maximum Gasteiger partial charge on any atom is 0.490 e. The minimum atomic E-state index is -5.08. The van der Waals surface area contributed by atoms with Gasteiger partial charge in [-0.3, -0.25) is 14.8 Å². The first-order valence-electron chi connectivity index (χ1n) is 9.10. The summed E-state index contributed by atoms with van der Waals surface area (Å²) in [6.45, 7) is 1.40. The van der Waals surface area contributed by atoms with Gasteiger partial charge in [-0.1, -0.05) is 6.42 Å². The van der Waals surface area contributed by atoms with Gasteiger partial charge in [0.15, 0.2) is 0 Å². The van der Waals surface area contributed by atoms with Crippen molar-refractivity contribution >= 4 is 18.0 Å². The first kappa shape index (κ1) is 22.5. The van der Waals surface area contributed by atoms with Crippen LogP contribution in [-0.4, -0.2) is 76.0 Å². The summed E-state index contributed by atoms with van der Waals surface area (Å²) in [6, 6.07) is 0. The summed E-state index contributed by atoms with van der Waals surface area (Å²) in [7, 11) is 1.75. The quantitative estimate of drug-likeness (QED) is 0.717. The topological polar surface area (TPSA) is 116 Å². The number of H-pyrrole nitrogens is 1. The number of aliphatic carboxylic acids is 1. The fourth-order valence-electron chi connectivity index (χ4n) is 3.02. The summed E-state index contributed by atoms with van der Waals surface area (Å²) in [5.74, 6) is -2.85. The smallest absolute Gasteiger partial charge is 0.475 e. The van der Waals surface area contributed by atoms with Crippen LogP contribution in [0.25, 0.3) is 0 Å². The number of alkyl halides is 3. The van der Waals surface area contributed by atoms with Gasteiger partial charge in [-0.2, -0.15) is 18.3 Å². The van der Waals surface area contributed by atoms with Gasteiger partial charge in [0.05, 0.1) is 18.8 Å². The number of cyclic esters (lactones) is 1. The molecule has 1 aromatic heterocycles. The van der Waals surface area contributed by atoms with Crippen molar-refractivity contribution in [3.63, 3.8) is 0 Å². The van der Waals surface area contributed by atoms with Crippen molar-refractivity contribution in [1.82, 2.24) is 20.0 Å². The Balaban J connectivity index is 0.000000370. The minimum absolute atomic E-state index is 0.0714. The van der Waals surface area contributed by atoms with Crippen LogP contribution in [0.4, 0.5) is 18.0 Å². The van der Waals surface area contributed by atoms with Crippen molar-refractivity contribution in [2.45, 2.75) is 44.8 Å². The minimum Gasteiger partial charge on any atom is -0.475 e. The normalized spacial score (nSPS) is 16.3. The number of likely N-dealkylation sites (N-methyl/N-ethyl adjacent to an activating group) is 1. The molecule has 29 heavy (non-hydrogen) atoms. The van der Waals surface area contributed by atoms with E-state index in [9.17, 15) is 22.8 Å². The van der Waals surface area contributed by atoms with Gasteiger partial charge in [-0.15, -0.1) is 0 Å². The molecule has 0 saturated carbocycles. The summed E-state index contributed by atoms with van der Waals surface area (Å²) in [6.07, 6.45) is 0.196. The number of aryl methyl sites for hydroxylation is 1. The molecule has 3 rings (SSSR count). The molecule has 0 bridgehead atoms. The maximum atomic E-state index is 12.2. The van der Waals surface area contributed by atoms with Crippen LogP contribution in [-0.2, 0) is 33.7 Å². The lowest BCUT2D eigenvalue weighted by atomic mass is 10.1. The van der Waals surface area contributed by atoms with E-state index in [2.05, 4.69) is 10.2 Å². The number of carboxylic acids is 1. The van der Waals surface area contributed by atoms with E-state index in [-0.39, 0.29) is 12.5 Å². The molecule has 162 valence electrons. The second kappa shape index (κ2) is 9.61. The summed E-state index contributed by atoms with van der Waals surface area (Å²) in [5.41, 5.74) is 3.45. The van der Waals surface area contributed by atoms with E-state index in [1.54, 1.807) is 11.9 Å². The number of aromatic nitrogens is 2. The third-order valence-electron chi connectivity index (χ3n) is 4.62. The summed E-state index contributed by atoms with van der Waals surface area (Å²) >= 11 is 0. The predicted octanol–water partition coefficient (Wildman–Crippen LogP) is 1.72. The van der Waals surface area contributed by atoms with Crippen molar-refractivity contribution in [3.8, 4) is 0 Å². The highest BCUT2D eigenvalue weighted by molar-refractivity contribution is 5.82. The second-order valence-electron chi connectivity index (χ2n) is 6.78. The fourth-order valence-corrected chi connectivity index (χ4v) is 3.02. The van der Waals surface area contributed by atoms with Crippen molar-refractivity contribution in [2.75, 3.05) is 26.7 Å². The molecule has 1 aromatic rings. The first-order valence-corrected chi connectivity index (χ1v) is 9.10. The largest absolute Gasteiger partial charge is 0.490 e. The van der Waals surface area contributed by atoms with Crippen LogP contribution < -0.4 is 0 Å². The average Bonchev–Trinajstić information content (AvgIpc) is 3.12. The number of carbonyl (C=O) groups excluding carboxylic acids is 2. The molecule has 1 aliphatic heterocycles. The second-order valence-corrected chi connectivity index (χ2v) is 6.78. The summed E-state index contributed by atoms with van der Waals surface area (Å²) in [4.78, 5) is 35.6. The standard InChI is InChI=1S/C15H22N4O3.C2HF3O2/c1-18(14(20)10-19-7-8-22-15(19)21)9-13-11-5-3-2-4-6-12(11)16-17-13;3-2(4,5)1(6)7/h2-10H2,1H3,(H,16,17);(H,6,7). The van der Waals surface area contributed by atoms with Crippen LogP contribution in [0.15, 0.2) is 0 Å². The van der Waals surface area contributed by atoms with Gasteiger partial charge >= 0.3 is 18.2 Å². The summed E-state index contributed by atoms with van der Waals surface area (Å²) < 4.78 is 36.6. The SMILES string of the molecule is CN(Cc1n[nH]c2c1CCCCC2)C(=O)CN1CCOC1=O.O=C(O)C(F)(F)F. The average molecular weight is 420 g/mol. The van der Waals surface area contributed by atoms with Gasteiger partial charge in [0, 0.05) is 12.7 Å². The van der Waals surface area contributed by atoms with E-state index >= 15 is 0 Å². The highest BCUT2D eigenvalue weighted by Crippen LogP contribution is 2.22. The molecule has 0 spiro atoms. The number of amides is 2. The zero-order valence-corrected chi connectivity index (χ0v) is 15.9. The number of fused-ring (bicyclic) bond motifs is 1. The molecule has 2 amide bonds. The summed E-state index contributed by atoms with van der Waals surface area (Å²) in [5, 5.41) is 14.6. The molecule has 1 aliphatic carbocycles. The van der Waals surface area contributed by atoms with Gasteiger partial charge in [-0.05, 0) is 31.2 Å². The van der Waals surface area contributed by atoms with Gasteiger partial charge in [0.2, 0.25) is 5.91 Å². The van der Waals surface area contributed by atoms with E-state index in [1.165, 1.54) is 35.4 Å². The monoisotopic (exact) mass is 420 g/mol. The molecule has 12 heteroatoms. The number of nitrogens with one attached hydrogen (secondary N) is 1. The van der Waals surface area contributed by atoms with E-state index in [4.69, 9.17) is 14.6 Å². The van der Waals surface area contributed by atoms with Gasteiger partial charge in [-0.25, -0.2) is 9.59 Å². The lowest BCUT2D eigenvalue weighted by Gasteiger charge is -2.20. The number of carboxylic acid groups (broad SMARTS) is 1. The number of hydrogen-bond donors (Lipinski definition) is 2. The van der Waals surface area contributed by atoms with E-state index < -0.39 is 18.2 Å². The van der Waals surface area contributed by atoms with Crippen molar-refractivity contribution in [1.29, 1.82) is 0 Å². The Morgan fingerprint density at radius 1 is 1.28 bits per heavy atom. The molecule has 0 aromatic carbocycles. The lowest BCUT2D eigenvalue weighted by molar-refractivity contribution is -0.192.